The maximum atomic E-state index is 12.4. The van der Waals surface area contributed by atoms with E-state index >= 15 is 0 Å². The van der Waals surface area contributed by atoms with Crippen molar-refractivity contribution in [2.24, 2.45) is 0 Å². The molecule has 1 aromatic carbocycles. The van der Waals surface area contributed by atoms with Crippen LogP contribution in [-0.2, 0) is 0 Å². The van der Waals surface area contributed by atoms with Crippen molar-refractivity contribution < 1.29 is 27.8 Å². The van der Waals surface area contributed by atoms with Gasteiger partial charge in [0.25, 0.3) is 5.91 Å². The van der Waals surface area contributed by atoms with E-state index in [1.54, 1.807) is 24.3 Å². The predicted molar refractivity (Wildman–Crippen MR) is 77.3 cm³/mol. The molecule has 0 bridgehead atoms. The summed E-state index contributed by atoms with van der Waals surface area (Å²) in [7, 11) is 1.46. The lowest BCUT2D eigenvalue weighted by Gasteiger charge is -2.17. The number of hydrogen-bond donors (Lipinski definition) is 1. The van der Waals surface area contributed by atoms with Crippen LogP contribution in [0.5, 0.6) is 5.75 Å². The zero-order valence-corrected chi connectivity index (χ0v) is 12.3. The minimum atomic E-state index is -4.48. The fourth-order valence-electron chi connectivity index (χ4n) is 1.98. The number of carbonyl (C=O) groups excluding carboxylic acids is 1. The number of halogens is 3. The summed E-state index contributed by atoms with van der Waals surface area (Å²) in [6.07, 6.45) is -4.48. The van der Waals surface area contributed by atoms with Crippen LogP contribution in [0.4, 0.5) is 13.2 Å². The van der Waals surface area contributed by atoms with E-state index in [1.165, 1.54) is 18.0 Å². The fourth-order valence-corrected chi connectivity index (χ4v) is 1.98. The normalized spacial score (nSPS) is 11.5. The first-order valence-corrected chi connectivity index (χ1v) is 6.77. The molecule has 23 heavy (non-hydrogen) atoms. The van der Waals surface area contributed by atoms with Crippen molar-refractivity contribution in [1.29, 1.82) is 0 Å². The zero-order valence-electron chi connectivity index (χ0n) is 12.3. The third-order valence-corrected chi connectivity index (χ3v) is 3.07. The van der Waals surface area contributed by atoms with Crippen molar-refractivity contribution in [3.63, 3.8) is 0 Å². The number of alkyl halides is 3. The number of likely N-dealkylation sites (N-methyl/N-ethyl adjacent to an activating group) is 1. The van der Waals surface area contributed by atoms with E-state index in [-0.39, 0.29) is 24.6 Å². The van der Waals surface area contributed by atoms with Gasteiger partial charge in [-0.05, 0) is 12.1 Å². The number of fused-ring (bicyclic) bond motifs is 1. The van der Waals surface area contributed by atoms with Crippen LogP contribution in [0.15, 0.2) is 30.3 Å². The van der Waals surface area contributed by atoms with Crippen LogP contribution in [-0.4, -0.2) is 53.9 Å². The highest BCUT2D eigenvalue weighted by atomic mass is 19.4. The highest BCUT2D eigenvalue weighted by Crippen LogP contribution is 2.27. The van der Waals surface area contributed by atoms with E-state index in [1.807, 2.05) is 0 Å². The second-order valence-corrected chi connectivity index (χ2v) is 4.88. The van der Waals surface area contributed by atoms with Gasteiger partial charge in [0, 0.05) is 25.0 Å². The summed E-state index contributed by atoms with van der Waals surface area (Å²) < 4.78 is 42.0. The van der Waals surface area contributed by atoms with Crippen molar-refractivity contribution in [2.45, 2.75) is 6.18 Å². The van der Waals surface area contributed by atoms with Crippen molar-refractivity contribution in [2.75, 3.05) is 26.8 Å². The lowest BCUT2D eigenvalue weighted by molar-refractivity contribution is -0.153. The van der Waals surface area contributed by atoms with Gasteiger partial charge in [-0.2, -0.15) is 13.2 Å². The Morgan fingerprint density at radius 1 is 1.35 bits per heavy atom. The Morgan fingerprint density at radius 2 is 2.04 bits per heavy atom. The van der Waals surface area contributed by atoms with Gasteiger partial charge in [0.15, 0.2) is 6.61 Å². The molecule has 0 fully saturated rings. The summed E-state index contributed by atoms with van der Waals surface area (Å²) in [5.74, 6) is -0.574. The first kappa shape index (κ1) is 17.0. The summed E-state index contributed by atoms with van der Waals surface area (Å²) in [5, 5.41) is 9.26. The largest absolute Gasteiger partial charge is 0.483 e. The van der Waals surface area contributed by atoms with Gasteiger partial charge in [-0.3, -0.25) is 4.79 Å². The number of ether oxygens (including phenoxy) is 1. The quantitative estimate of drug-likeness (QED) is 0.914. The standard InChI is InChI=1S/C15H15F3N2O3/c1-20(6-7-21)14(22)12-8-13(23-9-15(16,17)18)10-4-2-3-5-11(10)19-12/h2-5,8,21H,6-7,9H2,1H3. The molecule has 0 saturated heterocycles. The SMILES string of the molecule is CN(CCO)C(=O)c1cc(OCC(F)(F)F)c2ccccc2n1. The monoisotopic (exact) mass is 328 g/mol. The van der Waals surface area contributed by atoms with Crippen molar-refractivity contribution in [3.8, 4) is 5.75 Å². The Bertz CT molecular complexity index is 704. The van der Waals surface area contributed by atoms with Crippen LogP contribution in [0.3, 0.4) is 0 Å². The van der Waals surface area contributed by atoms with Gasteiger partial charge in [0.05, 0.1) is 12.1 Å². The number of aromatic nitrogens is 1. The van der Waals surface area contributed by atoms with Crippen LogP contribution in [0.25, 0.3) is 10.9 Å². The molecular weight excluding hydrogens is 313 g/mol. The minimum Gasteiger partial charge on any atom is -0.483 e. The second-order valence-electron chi connectivity index (χ2n) is 4.88. The molecule has 124 valence electrons. The molecule has 2 rings (SSSR count). The molecule has 1 aromatic heterocycles. The summed E-state index contributed by atoms with van der Waals surface area (Å²) >= 11 is 0. The van der Waals surface area contributed by atoms with Crippen LogP contribution >= 0.6 is 0 Å². The second kappa shape index (κ2) is 6.82. The number of hydrogen-bond acceptors (Lipinski definition) is 4. The Balaban J connectivity index is 2.41. The predicted octanol–water partition coefficient (Wildman–Crippen LogP) is 2.24. The van der Waals surface area contributed by atoms with Crippen molar-refractivity contribution >= 4 is 16.8 Å². The molecule has 0 aliphatic carbocycles. The molecule has 1 amide bonds. The van der Waals surface area contributed by atoms with Gasteiger partial charge < -0.3 is 14.7 Å². The number of benzene rings is 1. The topological polar surface area (TPSA) is 62.7 Å². The fraction of sp³-hybridized carbons (Fsp3) is 0.333. The molecule has 0 aliphatic heterocycles. The van der Waals surface area contributed by atoms with Gasteiger partial charge in [0.1, 0.15) is 11.4 Å². The Hall–Kier alpha value is -2.35. The van der Waals surface area contributed by atoms with Crippen LogP contribution < -0.4 is 4.74 Å². The first-order chi connectivity index (χ1) is 10.8. The number of nitrogens with zero attached hydrogens (tertiary/aromatic N) is 2. The first-order valence-electron chi connectivity index (χ1n) is 6.77. The molecule has 0 spiro atoms. The average Bonchev–Trinajstić information content (AvgIpc) is 2.51. The molecule has 2 aromatic rings. The minimum absolute atomic E-state index is 0.0446. The molecule has 0 saturated carbocycles. The van der Waals surface area contributed by atoms with Gasteiger partial charge in [-0.15, -0.1) is 0 Å². The lowest BCUT2D eigenvalue weighted by atomic mass is 10.1. The molecule has 0 aliphatic rings. The summed E-state index contributed by atoms with van der Waals surface area (Å²) in [6.45, 7) is -1.60. The number of para-hydroxylation sites is 1. The Kier molecular flexibility index (Phi) is 5.05. The van der Waals surface area contributed by atoms with Crippen LogP contribution in [0.1, 0.15) is 10.5 Å². The molecule has 8 heteroatoms. The highest BCUT2D eigenvalue weighted by molar-refractivity contribution is 5.96. The van der Waals surface area contributed by atoms with E-state index in [0.29, 0.717) is 10.9 Å². The maximum absolute atomic E-state index is 12.4. The molecule has 0 atom stereocenters. The Labute approximate surface area is 130 Å². The van der Waals surface area contributed by atoms with Crippen LogP contribution in [0.2, 0.25) is 0 Å². The number of carbonyl (C=O) groups is 1. The zero-order chi connectivity index (χ0) is 17.0. The number of pyridine rings is 1. The summed E-state index contributed by atoms with van der Waals surface area (Å²) in [6, 6.07) is 7.64. The van der Waals surface area contributed by atoms with Gasteiger partial charge in [0.2, 0.25) is 0 Å². The van der Waals surface area contributed by atoms with Crippen LogP contribution in [0, 0.1) is 0 Å². The number of aliphatic hydroxyl groups is 1. The number of rotatable bonds is 5. The molecule has 5 nitrogen and oxygen atoms in total. The smallest absolute Gasteiger partial charge is 0.422 e. The molecule has 1 heterocycles. The average molecular weight is 328 g/mol. The van der Waals surface area contributed by atoms with Gasteiger partial charge >= 0.3 is 6.18 Å². The number of aliphatic hydroxyl groups excluding tert-OH is 1. The van der Waals surface area contributed by atoms with Gasteiger partial charge in [-0.25, -0.2) is 4.98 Å². The molecular formula is C15H15F3N2O3. The van der Waals surface area contributed by atoms with E-state index in [9.17, 15) is 18.0 Å². The van der Waals surface area contributed by atoms with E-state index in [4.69, 9.17) is 9.84 Å². The maximum Gasteiger partial charge on any atom is 0.422 e. The molecule has 0 unspecified atom stereocenters. The van der Waals surface area contributed by atoms with E-state index in [0.717, 1.165) is 0 Å². The Morgan fingerprint density at radius 3 is 2.70 bits per heavy atom. The highest BCUT2D eigenvalue weighted by Gasteiger charge is 2.29. The molecule has 1 N–H and O–H groups in total. The van der Waals surface area contributed by atoms with Crippen molar-refractivity contribution in [1.82, 2.24) is 9.88 Å². The van der Waals surface area contributed by atoms with E-state index in [2.05, 4.69) is 4.98 Å². The third-order valence-electron chi connectivity index (χ3n) is 3.07. The van der Waals surface area contributed by atoms with E-state index < -0.39 is 18.7 Å². The molecule has 0 radical (unpaired) electrons. The van der Waals surface area contributed by atoms with Gasteiger partial charge in [-0.1, -0.05) is 12.1 Å². The summed E-state index contributed by atoms with van der Waals surface area (Å²) in [5.41, 5.74) is 0.310. The third kappa shape index (κ3) is 4.32. The number of amides is 1. The lowest BCUT2D eigenvalue weighted by Crippen LogP contribution is -2.30. The van der Waals surface area contributed by atoms with Crippen molar-refractivity contribution in [3.05, 3.63) is 36.0 Å². The summed E-state index contributed by atoms with van der Waals surface area (Å²) in [4.78, 5) is 17.6.